The van der Waals surface area contributed by atoms with Gasteiger partial charge in [0.05, 0.1) is 6.54 Å². The zero-order valence-electron chi connectivity index (χ0n) is 9.66. The van der Waals surface area contributed by atoms with Gasteiger partial charge in [0.15, 0.2) is 0 Å². The standard InChI is InChI=1S/C11H20N2O2/c1-11(3-5-12(2)6-4-11)9-13-7-8-15-10(13)14/h3-9H2,1-2H3. The molecule has 0 bridgehead atoms. The summed E-state index contributed by atoms with van der Waals surface area (Å²) in [6.07, 6.45) is 2.22. The van der Waals surface area contributed by atoms with E-state index in [2.05, 4.69) is 18.9 Å². The molecule has 2 fully saturated rings. The fourth-order valence-electron chi connectivity index (χ4n) is 2.35. The van der Waals surface area contributed by atoms with E-state index < -0.39 is 0 Å². The molecule has 0 aromatic heterocycles. The lowest BCUT2D eigenvalue weighted by atomic mass is 9.80. The molecule has 0 atom stereocenters. The van der Waals surface area contributed by atoms with Crippen molar-refractivity contribution in [2.45, 2.75) is 19.8 Å². The van der Waals surface area contributed by atoms with Gasteiger partial charge in [0, 0.05) is 6.54 Å². The van der Waals surface area contributed by atoms with Gasteiger partial charge in [-0.25, -0.2) is 4.79 Å². The summed E-state index contributed by atoms with van der Waals surface area (Å²) in [6.45, 7) is 6.75. The van der Waals surface area contributed by atoms with E-state index >= 15 is 0 Å². The zero-order valence-corrected chi connectivity index (χ0v) is 9.66. The van der Waals surface area contributed by atoms with Gasteiger partial charge in [-0.2, -0.15) is 0 Å². The highest BCUT2D eigenvalue weighted by atomic mass is 16.6. The quantitative estimate of drug-likeness (QED) is 0.689. The number of cyclic esters (lactones) is 1. The molecule has 2 aliphatic rings. The van der Waals surface area contributed by atoms with Crippen molar-refractivity contribution in [3.63, 3.8) is 0 Å². The molecule has 2 rings (SSSR count). The van der Waals surface area contributed by atoms with Crippen molar-refractivity contribution in [3.8, 4) is 0 Å². The molecule has 0 unspecified atom stereocenters. The van der Waals surface area contributed by atoms with Crippen LogP contribution in [0.25, 0.3) is 0 Å². The van der Waals surface area contributed by atoms with Crippen LogP contribution in [0.3, 0.4) is 0 Å². The molecule has 0 aromatic rings. The summed E-state index contributed by atoms with van der Waals surface area (Å²) in [5, 5.41) is 0. The number of hydrogen-bond donors (Lipinski definition) is 0. The van der Waals surface area contributed by atoms with Gasteiger partial charge < -0.3 is 14.5 Å². The minimum absolute atomic E-state index is 0.129. The van der Waals surface area contributed by atoms with Crippen LogP contribution >= 0.6 is 0 Å². The van der Waals surface area contributed by atoms with E-state index in [1.54, 1.807) is 0 Å². The maximum atomic E-state index is 11.3. The Balaban J connectivity index is 1.90. The van der Waals surface area contributed by atoms with Gasteiger partial charge in [0.25, 0.3) is 0 Å². The molecule has 15 heavy (non-hydrogen) atoms. The number of hydrogen-bond acceptors (Lipinski definition) is 3. The third-order valence-electron chi connectivity index (χ3n) is 3.61. The van der Waals surface area contributed by atoms with Gasteiger partial charge in [0.1, 0.15) is 6.61 Å². The number of piperidine rings is 1. The smallest absolute Gasteiger partial charge is 0.409 e. The van der Waals surface area contributed by atoms with E-state index in [-0.39, 0.29) is 11.5 Å². The monoisotopic (exact) mass is 212 g/mol. The van der Waals surface area contributed by atoms with Crippen LogP contribution in [0.4, 0.5) is 4.79 Å². The van der Waals surface area contributed by atoms with Crippen LogP contribution in [0.5, 0.6) is 0 Å². The van der Waals surface area contributed by atoms with Gasteiger partial charge in [-0.05, 0) is 38.4 Å². The molecule has 0 spiro atoms. The van der Waals surface area contributed by atoms with Crippen LogP contribution in [0.1, 0.15) is 19.8 Å². The SMILES string of the molecule is CN1CCC(C)(CN2CCOC2=O)CC1. The Labute approximate surface area is 91.2 Å². The van der Waals surface area contributed by atoms with Crippen molar-refractivity contribution in [2.75, 3.05) is 39.8 Å². The molecule has 4 heteroatoms. The molecule has 0 N–H and O–H groups in total. The van der Waals surface area contributed by atoms with Gasteiger partial charge in [0.2, 0.25) is 0 Å². The Morgan fingerprint density at radius 3 is 2.53 bits per heavy atom. The first-order chi connectivity index (χ1) is 7.09. The number of carbonyl (C=O) groups is 1. The first-order valence-corrected chi connectivity index (χ1v) is 5.69. The first-order valence-electron chi connectivity index (χ1n) is 5.69. The van der Waals surface area contributed by atoms with Crippen LogP contribution < -0.4 is 0 Å². The van der Waals surface area contributed by atoms with Crippen LogP contribution in [0.2, 0.25) is 0 Å². The van der Waals surface area contributed by atoms with E-state index in [0.717, 1.165) is 26.2 Å². The van der Waals surface area contributed by atoms with Gasteiger partial charge in [-0.1, -0.05) is 6.92 Å². The van der Waals surface area contributed by atoms with Gasteiger partial charge in [-0.15, -0.1) is 0 Å². The highest BCUT2D eigenvalue weighted by molar-refractivity contribution is 5.69. The number of ether oxygens (including phenoxy) is 1. The Morgan fingerprint density at radius 2 is 2.00 bits per heavy atom. The van der Waals surface area contributed by atoms with Crippen LogP contribution in [-0.4, -0.2) is 55.7 Å². The molecule has 0 saturated carbocycles. The van der Waals surface area contributed by atoms with Crippen molar-refractivity contribution in [1.29, 1.82) is 0 Å². The van der Waals surface area contributed by atoms with Crippen LogP contribution in [0, 0.1) is 5.41 Å². The van der Waals surface area contributed by atoms with E-state index in [4.69, 9.17) is 4.74 Å². The summed E-state index contributed by atoms with van der Waals surface area (Å²) < 4.78 is 4.95. The fraction of sp³-hybridized carbons (Fsp3) is 0.909. The fourth-order valence-corrected chi connectivity index (χ4v) is 2.35. The maximum absolute atomic E-state index is 11.3. The van der Waals surface area contributed by atoms with Crippen LogP contribution in [0.15, 0.2) is 0 Å². The molecular formula is C11H20N2O2. The summed E-state index contributed by atoms with van der Waals surface area (Å²) in [7, 11) is 2.16. The van der Waals surface area contributed by atoms with E-state index in [1.807, 2.05) is 4.90 Å². The van der Waals surface area contributed by atoms with Crippen molar-refractivity contribution in [2.24, 2.45) is 5.41 Å². The minimum Gasteiger partial charge on any atom is -0.448 e. The Kier molecular flexibility index (Phi) is 2.87. The lowest BCUT2D eigenvalue weighted by Gasteiger charge is -2.39. The second-order valence-corrected chi connectivity index (χ2v) is 5.15. The zero-order chi connectivity index (χ0) is 10.9. The third kappa shape index (κ3) is 2.43. The number of likely N-dealkylation sites (tertiary alicyclic amines) is 1. The molecule has 0 radical (unpaired) electrons. The van der Waals surface area contributed by atoms with E-state index in [0.29, 0.717) is 6.61 Å². The first kappa shape index (κ1) is 10.7. The van der Waals surface area contributed by atoms with Crippen molar-refractivity contribution in [1.82, 2.24) is 9.80 Å². The molecule has 2 aliphatic heterocycles. The average Bonchev–Trinajstić information content (AvgIpc) is 2.58. The Morgan fingerprint density at radius 1 is 1.33 bits per heavy atom. The van der Waals surface area contributed by atoms with Crippen LogP contribution in [-0.2, 0) is 4.74 Å². The number of amides is 1. The predicted octanol–water partition coefficient (Wildman–Crippen LogP) is 1.17. The lowest BCUT2D eigenvalue weighted by molar-refractivity contribution is 0.0973. The van der Waals surface area contributed by atoms with Gasteiger partial charge >= 0.3 is 6.09 Å². The Hall–Kier alpha value is -0.770. The second kappa shape index (κ2) is 4.00. The molecule has 86 valence electrons. The van der Waals surface area contributed by atoms with E-state index in [9.17, 15) is 4.79 Å². The topological polar surface area (TPSA) is 32.8 Å². The summed E-state index contributed by atoms with van der Waals surface area (Å²) >= 11 is 0. The number of nitrogens with zero attached hydrogens (tertiary/aromatic N) is 2. The lowest BCUT2D eigenvalue weighted by Crippen LogP contribution is -2.43. The minimum atomic E-state index is -0.129. The number of rotatable bonds is 2. The molecule has 2 heterocycles. The van der Waals surface area contributed by atoms with Crippen molar-refractivity contribution >= 4 is 6.09 Å². The maximum Gasteiger partial charge on any atom is 0.409 e. The Bertz CT molecular complexity index is 247. The average molecular weight is 212 g/mol. The summed E-state index contributed by atoms with van der Waals surface area (Å²) in [5.41, 5.74) is 0.288. The molecule has 1 amide bonds. The molecule has 0 aliphatic carbocycles. The van der Waals surface area contributed by atoms with Crippen molar-refractivity contribution in [3.05, 3.63) is 0 Å². The second-order valence-electron chi connectivity index (χ2n) is 5.15. The summed E-state index contributed by atoms with van der Waals surface area (Å²) in [4.78, 5) is 15.6. The number of carbonyl (C=O) groups excluding carboxylic acids is 1. The largest absolute Gasteiger partial charge is 0.448 e. The molecular weight excluding hydrogens is 192 g/mol. The highest BCUT2D eigenvalue weighted by Crippen LogP contribution is 2.31. The van der Waals surface area contributed by atoms with E-state index in [1.165, 1.54) is 12.8 Å². The summed E-state index contributed by atoms with van der Waals surface area (Å²) in [5.74, 6) is 0. The molecule has 2 saturated heterocycles. The van der Waals surface area contributed by atoms with Gasteiger partial charge in [-0.3, -0.25) is 0 Å². The third-order valence-corrected chi connectivity index (χ3v) is 3.61. The predicted molar refractivity (Wildman–Crippen MR) is 57.8 cm³/mol. The molecule has 4 nitrogen and oxygen atoms in total. The molecule has 0 aromatic carbocycles. The van der Waals surface area contributed by atoms with Crippen molar-refractivity contribution < 1.29 is 9.53 Å². The summed E-state index contributed by atoms with van der Waals surface area (Å²) in [6, 6.07) is 0. The normalized spacial score (nSPS) is 26.8. The highest BCUT2D eigenvalue weighted by Gasteiger charge is 2.34.